The molecule has 6 nitrogen and oxygen atoms in total. The molecule has 0 spiro atoms. The summed E-state index contributed by atoms with van der Waals surface area (Å²) in [6.45, 7) is 1.20. The number of hydrogen-bond acceptors (Lipinski definition) is 5. The van der Waals surface area contributed by atoms with Gasteiger partial charge in [0.05, 0.1) is 18.9 Å². The van der Waals surface area contributed by atoms with Gasteiger partial charge in [0, 0.05) is 26.1 Å². The first kappa shape index (κ1) is 9.42. The maximum Gasteiger partial charge on any atom is 0.147 e. The molecule has 2 unspecified atom stereocenters. The molecule has 0 bridgehead atoms. The van der Waals surface area contributed by atoms with Crippen LogP contribution in [0, 0.1) is 5.92 Å². The molecule has 2 rings (SSSR count). The summed E-state index contributed by atoms with van der Waals surface area (Å²) in [6.07, 6.45) is 1.20. The van der Waals surface area contributed by atoms with Crippen molar-refractivity contribution < 1.29 is 10.2 Å². The standard InChI is InChI=1S/C8H14N4O2/c1-11-8(2-9-10-11)12-3-6(5-13)7(14)4-12/h2,6-7,13-14H,3-5H2,1H3. The van der Waals surface area contributed by atoms with Gasteiger partial charge < -0.3 is 15.1 Å². The highest BCUT2D eigenvalue weighted by Gasteiger charge is 2.32. The van der Waals surface area contributed by atoms with Gasteiger partial charge in [-0.05, 0) is 0 Å². The van der Waals surface area contributed by atoms with Crippen molar-refractivity contribution in [1.29, 1.82) is 0 Å². The van der Waals surface area contributed by atoms with Gasteiger partial charge >= 0.3 is 0 Å². The van der Waals surface area contributed by atoms with Gasteiger partial charge in [-0.15, -0.1) is 5.10 Å². The Morgan fingerprint density at radius 3 is 2.86 bits per heavy atom. The van der Waals surface area contributed by atoms with Crippen LogP contribution in [0.2, 0.25) is 0 Å². The molecular weight excluding hydrogens is 184 g/mol. The number of aromatic nitrogens is 3. The summed E-state index contributed by atoms with van der Waals surface area (Å²) >= 11 is 0. The highest BCUT2D eigenvalue weighted by Crippen LogP contribution is 2.22. The van der Waals surface area contributed by atoms with Gasteiger partial charge in [-0.2, -0.15) is 0 Å². The molecule has 2 atom stereocenters. The number of β-amino-alcohol motifs (C(OH)–C–C–N with tert-alkyl or cyclic N) is 1. The number of rotatable bonds is 2. The van der Waals surface area contributed by atoms with Crippen molar-refractivity contribution in [2.24, 2.45) is 13.0 Å². The predicted molar refractivity (Wildman–Crippen MR) is 49.8 cm³/mol. The van der Waals surface area contributed by atoms with E-state index in [0.717, 1.165) is 5.82 Å². The Morgan fingerprint density at radius 2 is 2.36 bits per heavy atom. The average Bonchev–Trinajstić information content (AvgIpc) is 2.71. The van der Waals surface area contributed by atoms with E-state index in [-0.39, 0.29) is 12.5 Å². The van der Waals surface area contributed by atoms with Crippen molar-refractivity contribution in [3.8, 4) is 0 Å². The van der Waals surface area contributed by atoms with Gasteiger partial charge in [0.15, 0.2) is 0 Å². The fourth-order valence-corrected chi connectivity index (χ4v) is 1.79. The fourth-order valence-electron chi connectivity index (χ4n) is 1.79. The topological polar surface area (TPSA) is 74.4 Å². The number of anilines is 1. The fraction of sp³-hybridized carbons (Fsp3) is 0.750. The Balaban J connectivity index is 2.12. The third-order valence-corrected chi connectivity index (χ3v) is 2.66. The number of nitrogens with zero attached hydrogens (tertiary/aromatic N) is 4. The lowest BCUT2D eigenvalue weighted by Gasteiger charge is -2.16. The highest BCUT2D eigenvalue weighted by molar-refractivity contribution is 5.37. The minimum absolute atomic E-state index is 0.0168. The summed E-state index contributed by atoms with van der Waals surface area (Å²) in [6, 6.07) is 0. The van der Waals surface area contributed by atoms with Gasteiger partial charge in [0.25, 0.3) is 0 Å². The van der Waals surface area contributed by atoms with Crippen LogP contribution in [0.5, 0.6) is 0 Å². The molecule has 1 saturated heterocycles. The smallest absolute Gasteiger partial charge is 0.147 e. The first-order chi connectivity index (χ1) is 6.72. The molecule has 0 aromatic carbocycles. The Morgan fingerprint density at radius 1 is 1.57 bits per heavy atom. The lowest BCUT2D eigenvalue weighted by Crippen LogP contribution is -2.23. The van der Waals surface area contributed by atoms with Gasteiger partial charge in [-0.3, -0.25) is 0 Å². The van der Waals surface area contributed by atoms with Gasteiger partial charge in [-0.1, -0.05) is 5.21 Å². The minimum Gasteiger partial charge on any atom is -0.396 e. The maximum atomic E-state index is 9.60. The second kappa shape index (κ2) is 3.55. The number of aliphatic hydroxyl groups is 2. The Bertz CT molecular complexity index is 314. The normalized spacial score (nSPS) is 27.2. The molecule has 1 aromatic heterocycles. The van der Waals surface area contributed by atoms with Crippen molar-refractivity contribution in [3.05, 3.63) is 6.20 Å². The Labute approximate surface area is 81.8 Å². The van der Waals surface area contributed by atoms with Crippen LogP contribution in [0.25, 0.3) is 0 Å². The van der Waals surface area contributed by atoms with Crippen LogP contribution < -0.4 is 4.90 Å². The number of hydrogen-bond donors (Lipinski definition) is 2. The summed E-state index contributed by atoms with van der Waals surface area (Å²) in [4.78, 5) is 1.98. The molecule has 1 aromatic rings. The van der Waals surface area contributed by atoms with Crippen molar-refractivity contribution >= 4 is 5.82 Å². The molecular formula is C8H14N4O2. The van der Waals surface area contributed by atoms with Gasteiger partial charge in [0.2, 0.25) is 0 Å². The predicted octanol–water partition coefficient (Wildman–Crippen LogP) is -1.40. The van der Waals surface area contributed by atoms with E-state index in [1.807, 2.05) is 4.90 Å². The highest BCUT2D eigenvalue weighted by atomic mass is 16.3. The molecule has 1 aliphatic rings. The third-order valence-electron chi connectivity index (χ3n) is 2.66. The van der Waals surface area contributed by atoms with Crippen LogP contribution in [-0.4, -0.2) is 51.0 Å². The Hall–Kier alpha value is -1.14. The van der Waals surface area contributed by atoms with Crippen LogP contribution in [0.15, 0.2) is 6.20 Å². The summed E-state index contributed by atoms with van der Waals surface area (Å²) in [7, 11) is 1.81. The van der Waals surface area contributed by atoms with E-state index in [0.29, 0.717) is 13.1 Å². The van der Waals surface area contributed by atoms with Crippen molar-refractivity contribution in [2.75, 3.05) is 24.6 Å². The summed E-state index contributed by atoms with van der Waals surface area (Å²) in [5.74, 6) is 0.810. The summed E-state index contributed by atoms with van der Waals surface area (Å²) in [5.41, 5.74) is 0. The van der Waals surface area contributed by atoms with E-state index in [2.05, 4.69) is 10.3 Å². The van der Waals surface area contributed by atoms with Gasteiger partial charge in [-0.25, -0.2) is 4.68 Å². The second-order valence-corrected chi connectivity index (χ2v) is 3.63. The largest absolute Gasteiger partial charge is 0.396 e. The van der Waals surface area contributed by atoms with E-state index < -0.39 is 6.10 Å². The molecule has 0 aliphatic carbocycles. The van der Waals surface area contributed by atoms with Crippen LogP contribution in [0.1, 0.15) is 0 Å². The van der Waals surface area contributed by atoms with Crippen LogP contribution in [0.3, 0.4) is 0 Å². The van der Waals surface area contributed by atoms with Crippen LogP contribution in [0.4, 0.5) is 5.82 Å². The second-order valence-electron chi connectivity index (χ2n) is 3.63. The van der Waals surface area contributed by atoms with E-state index in [1.165, 1.54) is 0 Å². The summed E-state index contributed by atoms with van der Waals surface area (Å²) < 4.78 is 1.66. The Kier molecular flexibility index (Phi) is 2.39. The number of aliphatic hydroxyl groups excluding tert-OH is 2. The van der Waals surface area contributed by atoms with E-state index in [4.69, 9.17) is 5.11 Å². The lowest BCUT2D eigenvalue weighted by atomic mass is 10.1. The summed E-state index contributed by atoms with van der Waals surface area (Å²) in [5, 5.41) is 26.2. The molecule has 1 aliphatic heterocycles. The SMILES string of the molecule is Cn1nncc1N1CC(O)C(CO)C1. The van der Waals surface area contributed by atoms with Crippen LogP contribution >= 0.6 is 0 Å². The third kappa shape index (κ3) is 1.46. The zero-order valence-electron chi connectivity index (χ0n) is 8.04. The van der Waals surface area contributed by atoms with Crippen LogP contribution in [-0.2, 0) is 7.05 Å². The molecule has 14 heavy (non-hydrogen) atoms. The maximum absolute atomic E-state index is 9.60. The van der Waals surface area contributed by atoms with E-state index >= 15 is 0 Å². The first-order valence-electron chi connectivity index (χ1n) is 4.61. The molecule has 0 amide bonds. The molecule has 2 N–H and O–H groups in total. The minimum atomic E-state index is -0.463. The van der Waals surface area contributed by atoms with Crippen molar-refractivity contribution in [3.63, 3.8) is 0 Å². The molecule has 0 radical (unpaired) electrons. The zero-order valence-corrected chi connectivity index (χ0v) is 8.04. The van der Waals surface area contributed by atoms with E-state index in [9.17, 15) is 5.11 Å². The lowest BCUT2D eigenvalue weighted by molar-refractivity contribution is 0.104. The molecule has 1 fully saturated rings. The molecule has 0 saturated carbocycles. The molecule has 2 heterocycles. The van der Waals surface area contributed by atoms with E-state index in [1.54, 1.807) is 17.9 Å². The molecule has 6 heteroatoms. The first-order valence-corrected chi connectivity index (χ1v) is 4.61. The average molecular weight is 198 g/mol. The zero-order chi connectivity index (χ0) is 10.1. The monoisotopic (exact) mass is 198 g/mol. The van der Waals surface area contributed by atoms with Crippen molar-refractivity contribution in [2.45, 2.75) is 6.10 Å². The van der Waals surface area contributed by atoms with Crippen molar-refractivity contribution in [1.82, 2.24) is 15.0 Å². The molecule has 78 valence electrons. The quantitative estimate of drug-likeness (QED) is 0.611. The van der Waals surface area contributed by atoms with Gasteiger partial charge in [0.1, 0.15) is 5.82 Å². The number of aryl methyl sites for hydroxylation is 1.